The largest absolute Gasteiger partial charge is 0.373 e. The van der Waals surface area contributed by atoms with E-state index in [0.717, 1.165) is 18.4 Å². The number of halogens is 1. The van der Waals surface area contributed by atoms with E-state index in [9.17, 15) is 0 Å². The summed E-state index contributed by atoms with van der Waals surface area (Å²) < 4.78 is 5.84. The minimum absolute atomic E-state index is 0.185. The van der Waals surface area contributed by atoms with Crippen LogP contribution in [0.25, 0.3) is 0 Å². The Bertz CT molecular complexity index is 258. The highest BCUT2D eigenvalue weighted by Crippen LogP contribution is 2.20. The average molecular weight is 271 g/mol. The highest BCUT2D eigenvalue weighted by atomic mass is 79.9. The van der Waals surface area contributed by atoms with Crippen LogP contribution >= 0.6 is 15.9 Å². The summed E-state index contributed by atoms with van der Waals surface area (Å²) in [5, 5.41) is 0.856. The van der Waals surface area contributed by atoms with Crippen LogP contribution in [0.5, 0.6) is 0 Å². The second-order valence-corrected chi connectivity index (χ2v) is 4.75. The van der Waals surface area contributed by atoms with E-state index in [1.165, 1.54) is 5.56 Å². The van der Waals surface area contributed by atoms with Crippen molar-refractivity contribution in [1.82, 2.24) is 0 Å². The molecule has 0 N–H and O–H groups in total. The molecule has 0 saturated carbocycles. The quantitative estimate of drug-likeness (QED) is 0.705. The maximum atomic E-state index is 5.84. The van der Waals surface area contributed by atoms with E-state index in [4.69, 9.17) is 4.74 Å². The van der Waals surface area contributed by atoms with Crippen LogP contribution in [-0.2, 0) is 4.74 Å². The van der Waals surface area contributed by atoms with E-state index in [-0.39, 0.29) is 6.10 Å². The average Bonchev–Trinajstić information content (AvgIpc) is 2.25. The summed E-state index contributed by atoms with van der Waals surface area (Å²) >= 11 is 3.49. The van der Waals surface area contributed by atoms with Crippen LogP contribution in [0.3, 0.4) is 0 Å². The molecule has 0 unspecified atom stereocenters. The number of rotatable bonds is 6. The molecule has 0 aliphatic heterocycles. The van der Waals surface area contributed by atoms with E-state index in [0.29, 0.717) is 5.92 Å². The van der Waals surface area contributed by atoms with Crippen molar-refractivity contribution < 1.29 is 4.74 Å². The summed E-state index contributed by atoms with van der Waals surface area (Å²) in [5.74, 6) is 0.705. The second-order valence-electron chi connectivity index (χ2n) is 4.11. The van der Waals surface area contributed by atoms with Crippen molar-refractivity contribution in [3.63, 3.8) is 0 Å². The van der Waals surface area contributed by atoms with Gasteiger partial charge < -0.3 is 4.74 Å². The Balaban J connectivity index is 2.43. The van der Waals surface area contributed by atoms with Gasteiger partial charge in [-0.3, -0.25) is 0 Å². The molecule has 2 heteroatoms. The normalized spacial score (nSPS) is 13.1. The van der Waals surface area contributed by atoms with Crippen molar-refractivity contribution in [1.29, 1.82) is 0 Å². The molecule has 0 bridgehead atoms. The van der Waals surface area contributed by atoms with Gasteiger partial charge in [-0.2, -0.15) is 0 Å². The lowest BCUT2D eigenvalue weighted by Crippen LogP contribution is -2.08. The van der Waals surface area contributed by atoms with Gasteiger partial charge in [-0.05, 0) is 17.9 Å². The van der Waals surface area contributed by atoms with Gasteiger partial charge in [-0.1, -0.05) is 60.1 Å². The fourth-order valence-electron chi connectivity index (χ4n) is 1.34. The predicted molar refractivity (Wildman–Crippen MR) is 68.4 cm³/mol. The van der Waals surface area contributed by atoms with Gasteiger partial charge in [0.05, 0.1) is 6.10 Å². The van der Waals surface area contributed by atoms with Crippen LogP contribution in [0.1, 0.15) is 31.9 Å². The van der Waals surface area contributed by atoms with Crippen LogP contribution in [-0.4, -0.2) is 11.9 Å². The van der Waals surface area contributed by atoms with Gasteiger partial charge in [0.15, 0.2) is 0 Å². The summed E-state index contributed by atoms with van der Waals surface area (Å²) in [6, 6.07) is 10.4. The summed E-state index contributed by atoms with van der Waals surface area (Å²) in [6.45, 7) is 5.27. The molecule has 0 saturated heterocycles. The molecular formula is C13H19BrO. The zero-order valence-corrected chi connectivity index (χ0v) is 11.0. The van der Waals surface area contributed by atoms with Crippen LogP contribution in [0.2, 0.25) is 0 Å². The fourth-order valence-corrected chi connectivity index (χ4v) is 1.90. The minimum Gasteiger partial charge on any atom is -0.373 e. The summed E-state index contributed by atoms with van der Waals surface area (Å²) in [4.78, 5) is 0. The Morgan fingerprint density at radius 2 is 1.87 bits per heavy atom. The molecule has 0 aromatic heterocycles. The molecular weight excluding hydrogens is 252 g/mol. The summed E-state index contributed by atoms with van der Waals surface area (Å²) in [7, 11) is 0. The Hall–Kier alpha value is -0.340. The van der Waals surface area contributed by atoms with Gasteiger partial charge in [0.2, 0.25) is 0 Å². The first kappa shape index (κ1) is 12.7. The lowest BCUT2D eigenvalue weighted by Gasteiger charge is -2.16. The fraction of sp³-hybridized carbons (Fsp3) is 0.538. The number of hydrogen-bond donors (Lipinski definition) is 0. The molecule has 0 spiro atoms. The molecule has 1 nitrogen and oxygen atoms in total. The van der Waals surface area contributed by atoms with Crippen LogP contribution in [0, 0.1) is 5.92 Å². The Labute approximate surface area is 101 Å². The first-order valence-corrected chi connectivity index (χ1v) is 6.58. The third-order valence-corrected chi connectivity index (χ3v) is 2.91. The topological polar surface area (TPSA) is 9.23 Å². The van der Waals surface area contributed by atoms with E-state index >= 15 is 0 Å². The van der Waals surface area contributed by atoms with Crippen molar-refractivity contribution in [3.8, 4) is 0 Å². The van der Waals surface area contributed by atoms with Gasteiger partial charge in [0, 0.05) is 11.9 Å². The monoisotopic (exact) mass is 270 g/mol. The molecule has 15 heavy (non-hydrogen) atoms. The molecule has 1 aromatic rings. The predicted octanol–water partition coefficient (Wildman–Crippen LogP) is 4.19. The first-order valence-electron chi connectivity index (χ1n) is 5.46. The molecule has 0 heterocycles. The van der Waals surface area contributed by atoms with Crippen LogP contribution in [0.4, 0.5) is 0 Å². The third-order valence-electron chi connectivity index (χ3n) is 2.33. The second kappa shape index (κ2) is 7.02. The van der Waals surface area contributed by atoms with Crippen molar-refractivity contribution in [2.45, 2.75) is 26.4 Å². The highest BCUT2D eigenvalue weighted by molar-refractivity contribution is 9.09. The number of hydrogen-bond acceptors (Lipinski definition) is 1. The van der Waals surface area contributed by atoms with Crippen LogP contribution in [0.15, 0.2) is 30.3 Å². The molecule has 1 rings (SSSR count). The number of benzene rings is 1. The molecule has 0 aliphatic carbocycles. The zero-order chi connectivity index (χ0) is 11.1. The molecule has 0 fully saturated rings. The molecule has 0 aliphatic rings. The highest BCUT2D eigenvalue weighted by Gasteiger charge is 2.09. The first-order chi connectivity index (χ1) is 7.24. The Morgan fingerprint density at radius 3 is 2.40 bits per heavy atom. The van der Waals surface area contributed by atoms with Gasteiger partial charge in [-0.25, -0.2) is 0 Å². The van der Waals surface area contributed by atoms with Gasteiger partial charge in [-0.15, -0.1) is 0 Å². The van der Waals surface area contributed by atoms with E-state index in [1.807, 2.05) is 6.07 Å². The van der Waals surface area contributed by atoms with Crippen molar-refractivity contribution in [2.75, 3.05) is 11.9 Å². The van der Waals surface area contributed by atoms with Crippen molar-refractivity contribution in [2.24, 2.45) is 5.92 Å². The smallest absolute Gasteiger partial charge is 0.0921 e. The number of alkyl halides is 1. The van der Waals surface area contributed by atoms with Crippen LogP contribution < -0.4 is 0 Å². The zero-order valence-electron chi connectivity index (χ0n) is 9.45. The lowest BCUT2D eigenvalue weighted by atomic mass is 10.1. The summed E-state index contributed by atoms with van der Waals surface area (Å²) in [5.41, 5.74) is 1.25. The maximum absolute atomic E-state index is 5.84. The maximum Gasteiger partial charge on any atom is 0.0921 e. The van der Waals surface area contributed by atoms with Gasteiger partial charge in [0.25, 0.3) is 0 Å². The SMILES string of the molecule is CC(C)CCO[C@H](CBr)c1ccccc1. The van der Waals surface area contributed by atoms with Gasteiger partial charge >= 0.3 is 0 Å². The molecule has 0 radical (unpaired) electrons. The van der Waals surface area contributed by atoms with Crippen molar-refractivity contribution in [3.05, 3.63) is 35.9 Å². The van der Waals surface area contributed by atoms with E-state index in [2.05, 4.69) is 54.0 Å². The number of ether oxygens (including phenoxy) is 1. The third kappa shape index (κ3) is 4.80. The molecule has 84 valence electrons. The molecule has 0 amide bonds. The minimum atomic E-state index is 0.185. The van der Waals surface area contributed by atoms with E-state index < -0.39 is 0 Å². The molecule has 1 atom stereocenters. The summed E-state index contributed by atoms with van der Waals surface area (Å²) in [6.07, 6.45) is 1.31. The van der Waals surface area contributed by atoms with E-state index in [1.54, 1.807) is 0 Å². The lowest BCUT2D eigenvalue weighted by molar-refractivity contribution is 0.0622. The Kier molecular flexibility index (Phi) is 5.96. The Morgan fingerprint density at radius 1 is 1.20 bits per heavy atom. The van der Waals surface area contributed by atoms with Crippen molar-refractivity contribution >= 4 is 15.9 Å². The van der Waals surface area contributed by atoms with Gasteiger partial charge in [0.1, 0.15) is 0 Å². The molecule has 1 aromatic carbocycles. The standard InChI is InChI=1S/C13H19BrO/c1-11(2)8-9-15-13(10-14)12-6-4-3-5-7-12/h3-7,11,13H,8-10H2,1-2H3/t13-/m1/s1.